The van der Waals surface area contributed by atoms with Crippen LogP contribution in [0.15, 0.2) is 46.3 Å². The molecule has 6 rings (SSSR count). The lowest BCUT2D eigenvalue weighted by molar-refractivity contribution is 0.249. The van der Waals surface area contributed by atoms with E-state index in [1.165, 1.54) is 0 Å². The summed E-state index contributed by atoms with van der Waals surface area (Å²) in [5.41, 5.74) is 9.31. The number of hydrogen-bond donors (Lipinski definition) is 4. The predicted molar refractivity (Wildman–Crippen MR) is 132 cm³/mol. The van der Waals surface area contributed by atoms with E-state index in [1.807, 2.05) is 24.3 Å². The average Bonchev–Trinajstić information content (AvgIpc) is 3.49. The van der Waals surface area contributed by atoms with Crippen LogP contribution >= 0.6 is 0 Å². The predicted octanol–water partition coefficient (Wildman–Crippen LogP) is -0.0335. The molecule has 2 fully saturated rings. The molecule has 1 aromatic carbocycles. The van der Waals surface area contributed by atoms with E-state index < -0.39 is 5.69 Å². The summed E-state index contributed by atoms with van der Waals surface area (Å²) < 4.78 is 1.73. The zero-order valence-corrected chi connectivity index (χ0v) is 19.2. The van der Waals surface area contributed by atoms with Gasteiger partial charge in [0.15, 0.2) is 11.1 Å². The highest BCUT2D eigenvalue weighted by Gasteiger charge is 2.22. The summed E-state index contributed by atoms with van der Waals surface area (Å²) in [5, 5.41) is 15.2. The second-order valence-corrected chi connectivity index (χ2v) is 9.12. The number of nitrogens with one attached hydrogen (secondary N) is 2. The number of benzene rings is 1. The first-order valence-corrected chi connectivity index (χ1v) is 11.8. The molecule has 1 saturated heterocycles. The Bertz CT molecular complexity index is 1560. The van der Waals surface area contributed by atoms with Crippen LogP contribution in [0.4, 0.5) is 11.5 Å². The number of nitrogen functional groups attached to an aromatic ring is 1. The molecule has 0 radical (unpaired) electrons. The van der Waals surface area contributed by atoms with Crippen molar-refractivity contribution in [1.29, 1.82) is 0 Å². The molecule has 11 nitrogen and oxygen atoms in total. The zero-order chi connectivity index (χ0) is 23.9. The summed E-state index contributed by atoms with van der Waals surface area (Å²) in [7, 11) is 0. The van der Waals surface area contributed by atoms with Gasteiger partial charge in [-0.3, -0.25) is 14.9 Å². The molecule has 0 unspecified atom stereocenters. The van der Waals surface area contributed by atoms with Crippen LogP contribution in [0.3, 0.4) is 0 Å². The number of H-pyrrole nitrogens is 2. The minimum Gasteiger partial charge on any atom is -0.493 e. The largest absolute Gasteiger partial charge is 0.493 e. The molecule has 1 aliphatic heterocycles. The number of fused-ring (bicyclic) bond motifs is 1. The molecule has 1 aliphatic carbocycles. The Balaban J connectivity index is 1.32. The molecule has 0 spiro atoms. The summed E-state index contributed by atoms with van der Waals surface area (Å²) in [6.45, 7) is 4.28. The summed E-state index contributed by atoms with van der Waals surface area (Å²) in [6.07, 6.45) is 5.50. The maximum absolute atomic E-state index is 11.5. The van der Waals surface area contributed by atoms with Gasteiger partial charge in [-0.05, 0) is 30.5 Å². The summed E-state index contributed by atoms with van der Waals surface area (Å²) in [5.74, 6) is 0.626. The van der Waals surface area contributed by atoms with Crippen LogP contribution in [-0.2, 0) is 6.54 Å². The zero-order valence-electron chi connectivity index (χ0n) is 19.2. The number of aromatic hydroxyl groups is 1. The molecule has 180 valence electrons. The van der Waals surface area contributed by atoms with Gasteiger partial charge in [-0.15, -0.1) is 0 Å². The van der Waals surface area contributed by atoms with Crippen LogP contribution in [0.5, 0.6) is 5.88 Å². The Morgan fingerprint density at radius 1 is 1.17 bits per heavy atom. The minimum atomic E-state index is -0.474. The number of aromatic nitrogens is 5. The quantitative estimate of drug-likeness (QED) is 0.298. The fraction of sp³-hybridized carbons (Fsp3) is 0.333. The van der Waals surface area contributed by atoms with Crippen molar-refractivity contribution in [2.75, 3.05) is 36.8 Å². The number of piperazine rings is 1. The van der Waals surface area contributed by atoms with Crippen molar-refractivity contribution in [2.24, 2.45) is 4.99 Å². The van der Waals surface area contributed by atoms with Crippen molar-refractivity contribution >= 4 is 23.2 Å². The Labute approximate surface area is 200 Å². The highest BCUT2D eigenvalue weighted by Crippen LogP contribution is 2.23. The van der Waals surface area contributed by atoms with Gasteiger partial charge in [0, 0.05) is 49.7 Å². The third-order valence-electron chi connectivity index (χ3n) is 6.51. The van der Waals surface area contributed by atoms with E-state index in [9.17, 15) is 9.90 Å². The number of para-hydroxylation sites is 1. The van der Waals surface area contributed by atoms with Crippen LogP contribution < -0.4 is 27.0 Å². The summed E-state index contributed by atoms with van der Waals surface area (Å²) >= 11 is 0. The van der Waals surface area contributed by atoms with Crippen LogP contribution in [0.25, 0.3) is 11.7 Å². The molecule has 0 atom stereocenters. The van der Waals surface area contributed by atoms with E-state index in [-0.39, 0.29) is 11.6 Å². The Kier molecular flexibility index (Phi) is 5.25. The molecule has 3 aromatic heterocycles. The fourth-order valence-electron chi connectivity index (χ4n) is 4.40. The summed E-state index contributed by atoms with van der Waals surface area (Å²) in [6, 6.07) is 10.3. The van der Waals surface area contributed by atoms with Crippen LogP contribution in [0.1, 0.15) is 24.1 Å². The lowest BCUT2D eigenvalue weighted by Gasteiger charge is -2.35. The van der Waals surface area contributed by atoms with Crippen molar-refractivity contribution in [3.8, 4) is 5.88 Å². The SMILES string of the molecule is Nc1ccccc1CN1CCN(c2cc(=NC3CC3)n3ncc(=Cc4[nH]c(=O)[nH]c4O)c3n2)CC1. The van der Waals surface area contributed by atoms with Crippen LogP contribution in [0, 0.1) is 0 Å². The molecule has 2 aliphatic rings. The lowest BCUT2D eigenvalue weighted by Crippen LogP contribution is -2.46. The molecule has 35 heavy (non-hydrogen) atoms. The second-order valence-electron chi connectivity index (χ2n) is 9.12. The number of nitrogens with two attached hydrogens (primary N) is 1. The van der Waals surface area contributed by atoms with E-state index in [1.54, 1.807) is 16.8 Å². The van der Waals surface area contributed by atoms with Gasteiger partial charge in [0.1, 0.15) is 11.5 Å². The topological polar surface area (TPSA) is 144 Å². The molecular formula is C24H27N9O2. The van der Waals surface area contributed by atoms with Gasteiger partial charge in [-0.25, -0.2) is 9.78 Å². The molecule has 0 bridgehead atoms. The minimum absolute atomic E-state index is 0.219. The average molecular weight is 474 g/mol. The Morgan fingerprint density at radius 2 is 1.97 bits per heavy atom. The van der Waals surface area contributed by atoms with Gasteiger partial charge in [0.25, 0.3) is 0 Å². The van der Waals surface area contributed by atoms with Crippen LogP contribution in [-0.4, -0.2) is 66.8 Å². The second kappa shape index (κ2) is 8.58. The third kappa shape index (κ3) is 4.37. The van der Waals surface area contributed by atoms with Gasteiger partial charge < -0.3 is 20.7 Å². The number of aromatic amines is 2. The van der Waals surface area contributed by atoms with Crippen molar-refractivity contribution in [1.82, 2.24) is 29.5 Å². The molecule has 0 amide bonds. The molecular weight excluding hydrogens is 446 g/mol. The maximum Gasteiger partial charge on any atom is 0.326 e. The third-order valence-corrected chi connectivity index (χ3v) is 6.51. The number of hydrogen-bond acceptors (Lipinski definition) is 8. The molecule has 4 heterocycles. The van der Waals surface area contributed by atoms with Crippen molar-refractivity contribution < 1.29 is 5.11 Å². The van der Waals surface area contributed by atoms with E-state index in [2.05, 4.69) is 30.9 Å². The Hall–Kier alpha value is -4.12. The smallest absolute Gasteiger partial charge is 0.326 e. The van der Waals surface area contributed by atoms with Gasteiger partial charge in [-0.1, -0.05) is 18.2 Å². The highest BCUT2D eigenvalue weighted by molar-refractivity contribution is 5.58. The molecule has 1 saturated carbocycles. The summed E-state index contributed by atoms with van der Waals surface area (Å²) in [4.78, 5) is 30.9. The van der Waals surface area contributed by atoms with Gasteiger partial charge >= 0.3 is 5.69 Å². The Morgan fingerprint density at radius 3 is 2.69 bits per heavy atom. The number of nitrogens with zero attached hydrogens (tertiary/aromatic N) is 6. The molecule has 11 heteroatoms. The van der Waals surface area contributed by atoms with E-state index in [4.69, 9.17) is 15.7 Å². The first kappa shape index (κ1) is 21.4. The number of rotatable bonds is 5. The number of imidazole rings is 1. The fourth-order valence-corrected chi connectivity index (χ4v) is 4.40. The molecule has 4 aromatic rings. The standard InChI is InChI=1S/C24H27N9O2/c25-18-4-2-1-3-15(18)14-31-7-9-32(10-8-31)20-12-21(27-17-5-6-17)33-22(29-20)16(13-26-33)11-19-23(34)30-24(35)28-19/h1-4,11-13,17,34H,5-10,14,25H2,(H2,28,30,35). The number of anilines is 2. The highest BCUT2D eigenvalue weighted by atomic mass is 16.3. The van der Waals surface area contributed by atoms with Gasteiger partial charge in [0.05, 0.1) is 12.2 Å². The van der Waals surface area contributed by atoms with Crippen molar-refractivity contribution in [2.45, 2.75) is 25.4 Å². The van der Waals surface area contributed by atoms with Gasteiger partial charge in [-0.2, -0.15) is 9.61 Å². The lowest BCUT2D eigenvalue weighted by atomic mass is 10.1. The first-order chi connectivity index (χ1) is 17.0. The molecule has 5 N–H and O–H groups in total. The first-order valence-electron chi connectivity index (χ1n) is 11.8. The van der Waals surface area contributed by atoms with E-state index in [0.29, 0.717) is 16.9 Å². The van der Waals surface area contributed by atoms with E-state index in [0.717, 1.165) is 68.1 Å². The maximum atomic E-state index is 11.5. The van der Waals surface area contributed by atoms with Crippen molar-refractivity contribution in [3.63, 3.8) is 0 Å². The normalized spacial score (nSPS) is 18.1. The monoisotopic (exact) mass is 473 g/mol. The van der Waals surface area contributed by atoms with E-state index >= 15 is 0 Å². The van der Waals surface area contributed by atoms with Crippen molar-refractivity contribution in [3.05, 3.63) is 69.0 Å². The van der Waals surface area contributed by atoms with Crippen LogP contribution in [0.2, 0.25) is 0 Å². The van der Waals surface area contributed by atoms with Gasteiger partial charge in [0.2, 0.25) is 5.88 Å².